The van der Waals surface area contributed by atoms with Crippen molar-refractivity contribution in [2.24, 2.45) is 0 Å². The first kappa shape index (κ1) is 18.6. The number of carboxylic acids is 1. The van der Waals surface area contributed by atoms with Gasteiger partial charge in [0.25, 0.3) is 5.91 Å². The van der Waals surface area contributed by atoms with Gasteiger partial charge >= 0.3 is 5.97 Å². The number of hydrogen-bond donors (Lipinski definition) is 1. The molecule has 0 fully saturated rings. The molecule has 1 N–H and O–H groups in total. The molecule has 4 nitrogen and oxygen atoms in total. The standard InChI is InChI=1S/C19H19F2NO3/c1-12-10-14(20)6-8-15(12)16-7-5-13(11-17(16)21)19(25)22(2)9-3-4-18(23)24/h5-8,10-11H,3-4,9H2,1-2H3,(H,23,24). The van der Waals surface area contributed by atoms with Crippen LogP contribution in [-0.2, 0) is 4.79 Å². The van der Waals surface area contributed by atoms with Crippen LogP contribution in [0.2, 0.25) is 0 Å². The lowest BCUT2D eigenvalue weighted by Crippen LogP contribution is -2.28. The van der Waals surface area contributed by atoms with Crippen molar-refractivity contribution in [2.75, 3.05) is 13.6 Å². The fraction of sp³-hybridized carbons (Fsp3) is 0.263. The summed E-state index contributed by atoms with van der Waals surface area (Å²) >= 11 is 0. The number of benzene rings is 2. The highest BCUT2D eigenvalue weighted by atomic mass is 19.1. The van der Waals surface area contributed by atoms with Gasteiger partial charge in [0.2, 0.25) is 0 Å². The van der Waals surface area contributed by atoms with Crippen molar-refractivity contribution < 1.29 is 23.5 Å². The first-order valence-electron chi connectivity index (χ1n) is 7.83. The lowest BCUT2D eigenvalue weighted by Gasteiger charge is -2.17. The van der Waals surface area contributed by atoms with E-state index in [9.17, 15) is 18.4 Å². The molecule has 0 atom stereocenters. The summed E-state index contributed by atoms with van der Waals surface area (Å²) in [5, 5.41) is 8.62. The number of aliphatic carboxylic acids is 1. The van der Waals surface area contributed by atoms with Crippen molar-refractivity contribution in [3.05, 3.63) is 59.2 Å². The third-order valence-electron chi connectivity index (χ3n) is 3.93. The van der Waals surface area contributed by atoms with Gasteiger partial charge in [-0.2, -0.15) is 0 Å². The molecule has 0 unspecified atom stereocenters. The molecular formula is C19H19F2NO3. The van der Waals surface area contributed by atoms with E-state index in [2.05, 4.69) is 0 Å². The topological polar surface area (TPSA) is 57.6 Å². The van der Waals surface area contributed by atoms with E-state index in [-0.39, 0.29) is 24.4 Å². The Morgan fingerprint density at radius 3 is 2.36 bits per heavy atom. The third kappa shape index (κ3) is 4.62. The molecule has 2 aromatic carbocycles. The fourth-order valence-electron chi connectivity index (χ4n) is 2.59. The summed E-state index contributed by atoms with van der Waals surface area (Å²) in [4.78, 5) is 24.2. The van der Waals surface area contributed by atoms with Crippen molar-refractivity contribution in [2.45, 2.75) is 19.8 Å². The second-order valence-electron chi connectivity index (χ2n) is 5.88. The van der Waals surface area contributed by atoms with Gasteiger partial charge in [-0.3, -0.25) is 9.59 Å². The zero-order valence-corrected chi connectivity index (χ0v) is 14.1. The number of carboxylic acid groups (broad SMARTS) is 1. The van der Waals surface area contributed by atoms with E-state index >= 15 is 0 Å². The second-order valence-corrected chi connectivity index (χ2v) is 5.88. The Kier molecular flexibility index (Phi) is 5.85. The van der Waals surface area contributed by atoms with Gasteiger partial charge in [-0.25, -0.2) is 8.78 Å². The normalized spacial score (nSPS) is 10.6. The molecule has 0 spiro atoms. The maximum Gasteiger partial charge on any atom is 0.303 e. The minimum absolute atomic E-state index is 0.0330. The van der Waals surface area contributed by atoms with Crippen LogP contribution in [-0.4, -0.2) is 35.5 Å². The number of carbonyl (C=O) groups is 2. The number of carbonyl (C=O) groups excluding carboxylic acids is 1. The van der Waals surface area contributed by atoms with E-state index in [1.165, 1.54) is 35.2 Å². The average Bonchev–Trinajstić information content (AvgIpc) is 2.54. The SMILES string of the molecule is Cc1cc(F)ccc1-c1ccc(C(=O)N(C)CCCC(=O)O)cc1F. The number of amides is 1. The Balaban J connectivity index is 2.18. The lowest BCUT2D eigenvalue weighted by atomic mass is 9.98. The van der Waals surface area contributed by atoms with Gasteiger partial charge in [0, 0.05) is 31.1 Å². The minimum atomic E-state index is -0.925. The second kappa shape index (κ2) is 7.88. The predicted octanol–water partition coefficient (Wildman–Crippen LogP) is 3.88. The molecule has 0 aliphatic rings. The van der Waals surface area contributed by atoms with E-state index < -0.39 is 17.6 Å². The highest BCUT2D eigenvalue weighted by molar-refractivity contribution is 5.94. The van der Waals surface area contributed by atoms with Crippen LogP contribution in [0.5, 0.6) is 0 Å². The molecule has 25 heavy (non-hydrogen) atoms. The summed E-state index contributed by atoms with van der Waals surface area (Å²) < 4.78 is 27.6. The van der Waals surface area contributed by atoms with Crippen LogP contribution in [0.25, 0.3) is 11.1 Å². The van der Waals surface area contributed by atoms with Gasteiger partial charge in [-0.15, -0.1) is 0 Å². The highest BCUT2D eigenvalue weighted by Crippen LogP contribution is 2.27. The van der Waals surface area contributed by atoms with Crippen LogP contribution in [0.1, 0.15) is 28.8 Å². The molecule has 0 radical (unpaired) electrons. The van der Waals surface area contributed by atoms with Crippen LogP contribution in [0.4, 0.5) is 8.78 Å². The molecule has 0 saturated heterocycles. The Morgan fingerprint density at radius 2 is 1.76 bits per heavy atom. The summed E-state index contributed by atoms with van der Waals surface area (Å²) in [7, 11) is 1.54. The van der Waals surface area contributed by atoms with Gasteiger partial charge in [0.05, 0.1) is 0 Å². The quantitative estimate of drug-likeness (QED) is 0.863. The van der Waals surface area contributed by atoms with Gasteiger partial charge in [0.15, 0.2) is 0 Å². The van der Waals surface area contributed by atoms with Crippen molar-refractivity contribution in [3.8, 4) is 11.1 Å². The molecule has 0 bridgehead atoms. The van der Waals surface area contributed by atoms with E-state index in [4.69, 9.17) is 5.11 Å². The van der Waals surface area contributed by atoms with Gasteiger partial charge in [-0.1, -0.05) is 12.1 Å². The third-order valence-corrected chi connectivity index (χ3v) is 3.93. The zero-order valence-electron chi connectivity index (χ0n) is 14.1. The van der Waals surface area contributed by atoms with Gasteiger partial charge in [-0.05, 0) is 48.7 Å². The first-order valence-corrected chi connectivity index (χ1v) is 7.83. The van der Waals surface area contributed by atoms with Crippen LogP contribution in [0.15, 0.2) is 36.4 Å². The van der Waals surface area contributed by atoms with E-state index in [1.54, 1.807) is 14.0 Å². The highest BCUT2D eigenvalue weighted by Gasteiger charge is 2.16. The van der Waals surface area contributed by atoms with Crippen molar-refractivity contribution in [1.82, 2.24) is 4.90 Å². The van der Waals surface area contributed by atoms with Crippen LogP contribution < -0.4 is 0 Å². The Labute approximate surface area is 144 Å². The Bertz CT molecular complexity index is 805. The molecule has 132 valence electrons. The summed E-state index contributed by atoms with van der Waals surface area (Å²) in [6.07, 6.45) is 0.293. The minimum Gasteiger partial charge on any atom is -0.481 e. The van der Waals surface area contributed by atoms with Crippen LogP contribution in [0.3, 0.4) is 0 Å². The average molecular weight is 347 g/mol. The number of nitrogens with zero attached hydrogens (tertiary/aromatic N) is 1. The summed E-state index contributed by atoms with van der Waals surface area (Å²) in [5.41, 5.74) is 1.64. The maximum absolute atomic E-state index is 14.5. The molecular weight excluding hydrogens is 328 g/mol. The lowest BCUT2D eigenvalue weighted by molar-refractivity contribution is -0.137. The number of halogens is 2. The molecule has 2 rings (SSSR count). The Hall–Kier alpha value is -2.76. The Morgan fingerprint density at radius 1 is 1.08 bits per heavy atom. The van der Waals surface area contributed by atoms with Crippen LogP contribution >= 0.6 is 0 Å². The van der Waals surface area contributed by atoms with E-state index in [1.807, 2.05) is 0 Å². The molecule has 0 aliphatic carbocycles. The van der Waals surface area contributed by atoms with Crippen molar-refractivity contribution in [1.29, 1.82) is 0 Å². The van der Waals surface area contributed by atoms with Gasteiger partial charge in [0.1, 0.15) is 11.6 Å². The van der Waals surface area contributed by atoms with E-state index in [0.29, 0.717) is 23.1 Å². The van der Waals surface area contributed by atoms with Gasteiger partial charge < -0.3 is 10.0 Å². The molecule has 0 aliphatic heterocycles. The first-order chi connectivity index (χ1) is 11.8. The monoisotopic (exact) mass is 347 g/mol. The summed E-state index contributed by atoms with van der Waals surface area (Å²) in [6.45, 7) is 1.96. The van der Waals surface area contributed by atoms with Crippen molar-refractivity contribution >= 4 is 11.9 Å². The molecule has 0 heterocycles. The fourth-order valence-corrected chi connectivity index (χ4v) is 2.59. The molecule has 2 aromatic rings. The number of rotatable bonds is 6. The maximum atomic E-state index is 14.5. The molecule has 6 heteroatoms. The predicted molar refractivity (Wildman–Crippen MR) is 90.4 cm³/mol. The van der Waals surface area contributed by atoms with Crippen molar-refractivity contribution in [3.63, 3.8) is 0 Å². The van der Waals surface area contributed by atoms with Crippen LogP contribution in [0, 0.1) is 18.6 Å². The largest absolute Gasteiger partial charge is 0.481 e. The molecule has 1 amide bonds. The van der Waals surface area contributed by atoms with E-state index in [0.717, 1.165) is 6.07 Å². The molecule has 0 aromatic heterocycles. The summed E-state index contributed by atoms with van der Waals surface area (Å²) in [5.74, 6) is -2.27. The smallest absolute Gasteiger partial charge is 0.303 e. The number of aryl methyl sites for hydroxylation is 1. The number of hydrogen-bond acceptors (Lipinski definition) is 2. The summed E-state index contributed by atoms with van der Waals surface area (Å²) in [6, 6.07) is 8.24. The zero-order chi connectivity index (χ0) is 18.6. The molecule has 0 saturated carbocycles.